The number of hydrogen-bond donors (Lipinski definition) is 0. The van der Waals surface area contributed by atoms with Gasteiger partial charge in [0, 0.05) is 38.7 Å². The molecule has 0 radical (unpaired) electrons. The van der Waals surface area contributed by atoms with E-state index in [1.54, 1.807) is 0 Å². The van der Waals surface area contributed by atoms with Crippen molar-refractivity contribution in [3.05, 3.63) is 133 Å². The third kappa shape index (κ3) is 5.84. The third-order valence-corrected chi connectivity index (χ3v) is 8.12. The first-order valence-corrected chi connectivity index (χ1v) is 15.0. The Morgan fingerprint density at radius 3 is 1.37 bits per heavy atom. The zero-order valence-electron chi connectivity index (χ0n) is 24.7. The van der Waals surface area contributed by atoms with Crippen molar-refractivity contribution < 1.29 is 34.7 Å². The quantitative estimate of drug-likeness (QED) is 0.126. The predicted molar refractivity (Wildman–Crippen MR) is 177 cm³/mol. The second-order valence-electron chi connectivity index (χ2n) is 11.1. The van der Waals surface area contributed by atoms with Gasteiger partial charge < -0.3 is 8.83 Å². The molecule has 43 heavy (non-hydrogen) atoms. The van der Waals surface area contributed by atoms with Gasteiger partial charge in [0.05, 0.1) is 23.0 Å². The van der Waals surface area contributed by atoms with Crippen LogP contribution in [0.5, 0.6) is 0 Å². The first kappa shape index (κ1) is 29.1. The van der Waals surface area contributed by atoms with E-state index in [4.69, 9.17) is 8.83 Å². The molecule has 8 aromatic rings. The molecule has 0 N–H and O–H groups in total. The summed E-state index contributed by atoms with van der Waals surface area (Å²) in [6, 6.07) is 43.1. The smallest absolute Gasteiger partial charge is 0.0927 e. The summed E-state index contributed by atoms with van der Waals surface area (Å²) in [6.07, 6.45) is 4.23. The van der Waals surface area contributed by atoms with E-state index < -0.39 is 0 Å². The maximum atomic E-state index is 5.95. The van der Waals surface area contributed by atoms with Crippen LogP contribution in [0.2, 0.25) is 0 Å². The fourth-order valence-corrected chi connectivity index (χ4v) is 6.04. The Morgan fingerprint density at radius 2 is 0.930 bits per heavy atom. The topological polar surface area (TPSA) is 26.3 Å². The predicted octanol–water partition coefficient (Wildman–Crippen LogP) is 11.8. The standard InChI is InChI=1S/2C20H17O.Hf/c2*1-2-5-17-10-11-20(21-17)16-12-15-9-8-14-6-3-4-7-18(14)19(15)13-16;/h2*3-4,6-13H,2,5H2,1H3;/q2*-1;. The fourth-order valence-electron chi connectivity index (χ4n) is 6.04. The summed E-state index contributed by atoms with van der Waals surface area (Å²) in [5.41, 5.74) is 2.34. The minimum Gasteiger partial charge on any atom is -0.496 e. The van der Waals surface area contributed by atoms with E-state index >= 15 is 0 Å². The van der Waals surface area contributed by atoms with Crippen LogP contribution in [0, 0.1) is 0 Å². The Kier molecular flexibility index (Phi) is 8.63. The van der Waals surface area contributed by atoms with E-state index in [9.17, 15) is 0 Å². The van der Waals surface area contributed by atoms with Crippen LogP contribution in [0.4, 0.5) is 0 Å². The largest absolute Gasteiger partial charge is 0.496 e. The second kappa shape index (κ2) is 12.7. The summed E-state index contributed by atoms with van der Waals surface area (Å²) in [5.74, 6) is 4.09. The van der Waals surface area contributed by atoms with Crippen molar-refractivity contribution in [1.29, 1.82) is 0 Å². The van der Waals surface area contributed by atoms with Gasteiger partial charge in [-0.05, 0) is 47.9 Å². The molecule has 212 valence electrons. The van der Waals surface area contributed by atoms with E-state index in [-0.39, 0.29) is 25.8 Å². The molecule has 2 heterocycles. The van der Waals surface area contributed by atoms with Gasteiger partial charge in [0.15, 0.2) is 0 Å². The molecule has 0 atom stereocenters. The second-order valence-corrected chi connectivity index (χ2v) is 11.1. The molecule has 0 amide bonds. The minimum absolute atomic E-state index is 0. The number of hydrogen-bond acceptors (Lipinski definition) is 2. The van der Waals surface area contributed by atoms with Crippen LogP contribution in [0.15, 0.2) is 130 Å². The van der Waals surface area contributed by atoms with E-state index in [0.29, 0.717) is 0 Å². The monoisotopic (exact) mass is 726 g/mol. The van der Waals surface area contributed by atoms with Gasteiger partial charge in [0.25, 0.3) is 0 Å². The van der Waals surface area contributed by atoms with Crippen molar-refractivity contribution in [2.75, 3.05) is 0 Å². The third-order valence-electron chi connectivity index (χ3n) is 8.12. The SMILES string of the molecule is CCCc1ccc(-c2cc3c(ccc4ccccc43)[cH-]2)o1.CCCc1ccc(-c2cc3c(ccc4ccccc43)[cH-]2)o1.[Hf]. The van der Waals surface area contributed by atoms with Crippen molar-refractivity contribution in [2.24, 2.45) is 0 Å². The Labute approximate surface area is 271 Å². The fraction of sp³-hybridized carbons (Fsp3) is 0.150. The summed E-state index contributed by atoms with van der Waals surface area (Å²) in [5, 5.41) is 10.3. The number of benzene rings is 4. The van der Waals surface area contributed by atoms with E-state index in [2.05, 4.69) is 135 Å². The Hall–Kier alpha value is -3.95. The molecular formula is C40H34HfO2-2. The molecule has 0 fully saturated rings. The number of fused-ring (bicyclic) bond motifs is 6. The minimum atomic E-state index is 0. The zero-order valence-corrected chi connectivity index (χ0v) is 28.3. The summed E-state index contributed by atoms with van der Waals surface area (Å²) in [6.45, 7) is 4.34. The van der Waals surface area contributed by atoms with Gasteiger partial charge in [-0.2, -0.15) is 0 Å². The number of furan rings is 2. The van der Waals surface area contributed by atoms with Crippen LogP contribution in [-0.2, 0) is 38.7 Å². The van der Waals surface area contributed by atoms with E-state index in [1.165, 1.54) is 54.2 Å². The molecule has 0 aliphatic heterocycles. The zero-order chi connectivity index (χ0) is 28.5. The van der Waals surface area contributed by atoms with Gasteiger partial charge in [0.1, 0.15) is 0 Å². The molecule has 0 saturated carbocycles. The molecule has 0 bridgehead atoms. The van der Waals surface area contributed by atoms with Gasteiger partial charge in [0.2, 0.25) is 0 Å². The first-order chi connectivity index (χ1) is 20.7. The van der Waals surface area contributed by atoms with E-state index in [0.717, 1.165) is 48.7 Å². The summed E-state index contributed by atoms with van der Waals surface area (Å²) in [4.78, 5) is 0. The van der Waals surface area contributed by atoms with Crippen LogP contribution >= 0.6 is 0 Å². The Bertz CT molecular complexity index is 1980. The van der Waals surface area contributed by atoms with Gasteiger partial charge in [-0.15, -0.1) is 57.9 Å². The van der Waals surface area contributed by atoms with Crippen molar-refractivity contribution >= 4 is 43.1 Å². The van der Waals surface area contributed by atoms with Crippen LogP contribution in [0.25, 0.3) is 65.7 Å². The van der Waals surface area contributed by atoms with Crippen molar-refractivity contribution in [2.45, 2.75) is 39.5 Å². The average molecular weight is 725 g/mol. The molecule has 0 aliphatic rings. The molecule has 0 saturated heterocycles. The van der Waals surface area contributed by atoms with Crippen molar-refractivity contribution in [1.82, 2.24) is 0 Å². The van der Waals surface area contributed by atoms with Gasteiger partial charge >= 0.3 is 0 Å². The maximum absolute atomic E-state index is 5.95. The van der Waals surface area contributed by atoms with Gasteiger partial charge in [-0.1, -0.05) is 96.4 Å². The van der Waals surface area contributed by atoms with Gasteiger partial charge in [-0.3, -0.25) is 0 Å². The molecule has 3 heteroatoms. The maximum Gasteiger partial charge on any atom is 0.0927 e. The van der Waals surface area contributed by atoms with Crippen molar-refractivity contribution in [3.8, 4) is 22.6 Å². The van der Waals surface area contributed by atoms with Crippen LogP contribution in [0.1, 0.15) is 38.2 Å². The molecule has 8 rings (SSSR count). The Balaban J connectivity index is 0.000000150. The van der Waals surface area contributed by atoms with Crippen LogP contribution in [-0.4, -0.2) is 0 Å². The molecule has 0 aliphatic carbocycles. The average Bonchev–Trinajstić information content (AvgIpc) is 3.83. The van der Waals surface area contributed by atoms with Crippen LogP contribution in [0.3, 0.4) is 0 Å². The number of rotatable bonds is 6. The summed E-state index contributed by atoms with van der Waals surface area (Å²) < 4.78 is 11.9. The van der Waals surface area contributed by atoms with Gasteiger partial charge in [-0.25, -0.2) is 0 Å². The molecular weight excluding hydrogens is 691 g/mol. The Morgan fingerprint density at radius 1 is 0.488 bits per heavy atom. The van der Waals surface area contributed by atoms with Crippen molar-refractivity contribution in [3.63, 3.8) is 0 Å². The molecule has 0 unspecified atom stereocenters. The van der Waals surface area contributed by atoms with E-state index in [1.807, 2.05) is 0 Å². The molecule has 2 aromatic heterocycles. The summed E-state index contributed by atoms with van der Waals surface area (Å²) in [7, 11) is 0. The van der Waals surface area contributed by atoms with Crippen LogP contribution < -0.4 is 0 Å². The normalized spacial score (nSPS) is 11.2. The molecule has 6 aromatic carbocycles. The molecule has 0 spiro atoms. The first-order valence-electron chi connectivity index (χ1n) is 15.0. The number of aryl methyl sites for hydroxylation is 2. The molecule has 2 nitrogen and oxygen atoms in total. The summed E-state index contributed by atoms with van der Waals surface area (Å²) >= 11 is 0.